The molecule has 1 amide bonds. The molecule has 1 aliphatic heterocycles. The van der Waals surface area contributed by atoms with Crippen molar-refractivity contribution < 1.29 is 14.0 Å². The van der Waals surface area contributed by atoms with Gasteiger partial charge in [0.05, 0.1) is 11.7 Å². The maximum atomic E-state index is 14.4. The van der Waals surface area contributed by atoms with Crippen LogP contribution in [0.4, 0.5) is 15.8 Å². The molecule has 28 heavy (non-hydrogen) atoms. The quantitative estimate of drug-likeness (QED) is 0.771. The van der Waals surface area contributed by atoms with Gasteiger partial charge in [0.25, 0.3) is 0 Å². The molecular weight excluding hydrogens is 381 g/mol. The number of anilines is 2. The number of benzene rings is 2. The zero-order chi connectivity index (χ0) is 20.3. The molecule has 1 atom stereocenters. The molecule has 0 spiro atoms. The molecule has 1 aliphatic rings. The number of nitrogens with one attached hydrogen (secondary N) is 1. The Morgan fingerprint density at radius 2 is 1.82 bits per heavy atom. The summed E-state index contributed by atoms with van der Waals surface area (Å²) in [5, 5.41) is 3.44. The van der Waals surface area contributed by atoms with Crippen molar-refractivity contribution in [2.24, 2.45) is 0 Å². The van der Waals surface area contributed by atoms with Crippen LogP contribution < -0.4 is 10.2 Å². The average molecular weight is 404 g/mol. The van der Waals surface area contributed by atoms with Crippen LogP contribution in [0, 0.1) is 5.82 Å². The summed E-state index contributed by atoms with van der Waals surface area (Å²) in [6.07, 6.45) is 0. The molecule has 2 aromatic rings. The Labute approximate surface area is 169 Å². The molecule has 7 heteroatoms. The summed E-state index contributed by atoms with van der Waals surface area (Å²) in [4.78, 5) is 27.9. The molecule has 5 nitrogen and oxygen atoms in total. The van der Waals surface area contributed by atoms with Crippen molar-refractivity contribution >= 4 is 34.7 Å². The van der Waals surface area contributed by atoms with Crippen molar-refractivity contribution in [3.63, 3.8) is 0 Å². The van der Waals surface area contributed by atoms with Crippen LogP contribution in [0.3, 0.4) is 0 Å². The van der Waals surface area contributed by atoms with E-state index in [0.717, 1.165) is 0 Å². The predicted molar refractivity (Wildman–Crippen MR) is 110 cm³/mol. The second kappa shape index (κ2) is 8.71. The fourth-order valence-electron chi connectivity index (χ4n) is 3.31. The minimum absolute atomic E-state index is 0.104. The molecule has 0 saturated carbocycles. The van der Waals surface area contributed by atoms with Gasteiger partial charge in [0.15, 0.2) is 5.78 Å². The van der Waals surface area contributed by atoms with E-state index in [1.165, 1.54) is 13.0 Å². The fraction of sp³-hybridized carbons (Fsp3) is 0.333. The lowest BCUT2D eigenvalue weighted by Gasteiger charge is -2.38. The van der Waals surface area contributed by atoms with Crippen molar-refractivity contribution in [2.45, 2.75) is 19.9 Å². The van der Waals surface area contributed by atoms with Gasteiger partial charge >= 0.3 is 0 Å². The molecule has 1 N–H and O–H groups in total. The van der Waals surface area contributed by atoms with Crippen LogP contribution in [0.1, 0.15) is 24.2 Å². The van der Waals surface area contributed by atoms with E-state index in [-0.39, 0.29) is 17.7 Å². The number of piperazine rings is 1. The Hall–Kier alpha value is -2.44. The Bertz CT molecular complexity index is 882. The van der Waals surface area contributed by atoms with E-state index in [4.69, 9.17) is 11.6 Å². The zero-order valence-corrected chi connectivity index (χ0v) is 16.7. The number of Topliss-reactive ketones (excluding diaryl/α,β-unsaturated/α-hetero) is 1. The number of carbonyl (C=O) groups is 2. The van der Waals surface area contributed by atoms with E-state index in [2.05, 4.69) is 10.2 Å². The lowest BCUT2D eigenvalue weighted by molar-refractivity contribution is -0.120. The van der Waals surface area contributed by atoms with Gasteiger partial charge in [-0.25, -0.2) is 4.39 Å². The third-order valence-electron chi connectivity index (χ3n) is 5.03. The average Bonchev–Trinajstić information content (AvgIpc) is 2.67. The van der Waals surface area contributed by atoms with Crippen molar-refractivity contribution in [2.75, 3.05) is 36.4 Å². The molecule has 0 aliphatic carbocycles. The minimum atomic E-state index is -0.395. The van der Waals surface area contributed by atoms with E-state index in [1.54, 1.807) is 36.4 Å². The van der Waals surface area contributed by atoms with Gasteiger partial charge in [-0.1, -0.05) is 17.7 Å². The molecule has 1 heterocycles. The highest BCUT2D eigenvalue weighted by atomic mass is 35.5. The normalized spacial score (nSPS) is 15.9. The highest BCUT2D eigenvalue weighted by molar-refractivity contribution is 6.30. The zero-order valence-electron chi connectivity index (χ0n) is 15.9. The first-order chi connectivity index (χ1) is 13.3. The highest BCUT2D eigenvalue weighted by Gasteiger charge is 2.26. The Morgan fingerprint density at radius 1 is 1.11 bits per heavy atom. The van der Waals surface area contributed by atoms with Crippen LogP contribution in [-0.4, -0.2) is 48.8 Å². The number of rotatable bonds is 5. The van der Waals surface area contributed by atoms with Gasteiger partial charge in [-0.05, 0) is 50.2 Å². The smallest absolute Gasteiger partial charge is 0.241 e. The summed E-state index contributed by atoms with van der Waals surface area (Å²) in [5.41, 5.74) is 1.52. The van der Waals surface area contributed by atoms with E-state index in [9.17, 15) is 14.0 Å². The van der Waals surface area contributed by atoms with Gasteiger partial charge in [0.2, 0.25) is 5.91 Å². The summed E-state index contributed by atoms with van der Waals surface area (Å²) < 4.78 is 14.4. The predicted octanol–water partition coefficient (Wildman–Crippen LogP) is 3.83. The van der Waals surface area contributed by atoms with Gasteiger partial charge in [-0.2, -0.15) is 0 Å². The molecule has 148 valence electrons. The van der Waals surface area contributed by atoms with Crippen LogP contribution in [0.5, 0.6) is 0 Å². The lowest BCUT2D eigenvalue weighted by atomic mass is 10.1. The minimum Gasteiger partial charge on any atom is -0.367 e. The van der Waals surface area contributed by atoms with Gasteiger partial charge in [-0.3, -0.25) is 14.5 Å². The van der Waals surface area contributed by atoms with Crippen molar-refractivity contribution in [3.05, 3.63) is 58.9 Å². The molecule has 0 bridgehead atoms. The van der Waals surface area contributed by atoms with Crippen LogP contribution in [0.2, 0.25) is 5.02 Å². The van der Waals surface area contributed by atoms with E-state index < -0.39 is 5.82 Å². The second-order valence-corrected chi connectivity index (χ2v) is 7.36. The Balaban J connectivity index is 1.58. The summed E-state index contributed by atoms with van der Waals surface area (Å²) in [6, 6.07) is 11.3. The Morgan fingerprint density at radius 3 is 2.43 bits per heavy atom. The van der Waals surface area contributed by atoms with Crippen LogP contribution in [0.25, 0.3) is 0 Å². The van der Waals surface area contributed by atoms with Gasteiger partial charge < -0.3 is 10.2 Å². The summed E-state index contributed by atoms with van der Waals surface area (Å²) in [5.74, 6) is -0.657. The first-order valence-electron chi connectivity index (χ1n) is 9.21. The molecular formula is C21H23ClFN3O2. The third kappa shape index (κ3) is 4.69. The van der Waals surface area contributed by atoms with Gasteiger partial charge in [0.1, 0.15) is 5.82 Å². The number of nitrogens with zero attached hydrogens (tertiary/aromatic N) is 2. The second-order valence-electron chi connectivity index (χ2n) is 6.92. The number of hydrogen-bond donors (Lipinski definition) is 1. The lowest BCUT2D eigenvalue weighted by Crippen LogP contribution is -2.53. The van der Waals surface area contributed by atoms with Crippen LogP contribution >= 0.6 is 11.6 Å². The molecule has 1 saturated heterocycles. The van der Waals surface area contributed by atoms with Crippen LogP contribution in [0.15, 0.2) is 42.5 Å². The molecule has 0 aromatic heterocycles. The summed E-state index contributed by atoms with van der Waals surface area (Å²) in [7, 11) is 0. The summed E-state index contributed by atoms with van der Waals surface area (Å²) >= 11 is 5.95. The van der Waals surface area contributed by atoms with Crippen molar-refractivity contribution in [1.82, 2.24) is 4.90 Å². The summed E-state index contributed by atoms with van der Waals surface area (Å²) in [6.45, 7) is 5.76. The molecule has 2 aromatic carbocycles. The maximum Gasteiger partial charge on any atom is 0.241 e. The standard InChI is InChI=1S/C21H23ClFN3O2/c1-14(21(28)24-18-5-3-4-17(22)13-18)25-8-10-26(11-9-25)20-7-6-16(15(2)27)12-19(20)23/h3-7,12-14H,8-11H2,1-2H3,(H,24,28). The fourth-order valence-corrected chi connectivity index (χ4v) is 3.50. The van der Waals surface area contributed by atoms with E-state index in [0.29, 0.717) is 48.1 Å². The number of amides is 1. The molecule has 0 radical (unpaired) electrons. The van der Waals surface area contributed by atoms with Crippen molar-refractivity contribution in [3.8, 4) is 0 Å². The molecule has 1 unspecified atom stereocenters. The van der Waals surface area contributed by atoms with Gasteiger partial charge in [0, 0.05) is 42.5 Å². The topological polar surface area (TPSA) is 52.7 Å². The monoisotopic (exact) mass is 403 g/mol. The van der Waals surface area contributed by atoms with E-state index in [1.807, 2.05) is 11.8 Å². The first-order valence-corrected chi connectivity index (χ1v) is 9.59. The third-order valence-corrected chi connectivity index (χ3v) is 5.26. The number of halogens is 2. The Kier molecular flexibility index (Phi) is 6.31. The van der Waals surface area contributed by atoms with Gasteiger partial charge in [-0.15, -0.1) is 0 Å². The molecule has 3 rings (SSSR count). The SMILES string of the molecule is CC(=O)c1ccc(N2CCN(C(C)C(=O)Nc3cccc(Cl)c3)CC2)c(F)c1. The van der Waals surface area contributed by atoms with Crippen LogP contribution in [-0.2, 0) is 4.79 Å². The first kappa shape index (κ1) is 20.3. The van der Waals surface area contributed by atoms with E-state index >= 15 is 0 Å². The number of carbonyl (C=O) groups excluding carboxylic acids is 2. The molecule has 1 fully saturated rings. The largest absolute Gasteiger partial charge is 0.367 e. The number of ketones is 1. The highest BCUT2D eigenvalue weighted by Crippen LogP contribution is 2.23. The number of hydrogen-bond acceptors (Lipinski definition) is 4. The maximum absolute atomic E-state index is 14.4. The van der Waals surface area contributed by atoms with Crippen molar-refractivity contribution in [1.29, 1.82) is 0 Å².